The topological polar surface area (TPSA) is 12.9 Å². The van der Waals surface area contributed by atoms with Crippen LogP contribution in [0, 0.1) is 0 Å². The minimum Gasteiger partial charge on any atom is -0.260 e. The Balaban J connectivity index is 1.77. The maximum atomic E-state index is 4.43. The Morgan fingerprint density at radius 1 is 0.708 bits per heavy atom. The lowest BCUT2D eigenvalue weighted by atomic mass is 10.0. The Morgan fingerprint density at radius 3 is 1.62 bits per heavy atom. The van der Waals surface area contributed by atoms with Crippen molar-refractivity contribution in [2.45, 2.75) is 110 Å². The second kappa shape index (κ2) is 16.1. The number of nitrogens with zero attached hydrogens (tertiary/aromatic N) is 1. The number of aryl methyl sites for hydroxylation is 1. The van der Waals surface area contributed by atoms with Gasteiger partial charge in [-0.05, 0) is 40.9 Å². The van der Waals surface area contributed by atoms with E-state index in [0.717, 1.165) is 10.9 Å². The fourth-order valence-electron chi connectivity index (χ4n) is 3.27. The summed E-state index contributed by atoms with van der Waals surface area (Å²) >= 11 is 3.58. The molecule has 0 unspecified atom stereocenters. The monoisotopic (exact) mass is 395 g/mol. The van der Waals surface area contributed by atoms with Crippen LogP contribution in [0.1, 0.15) is 109 Å². The van der Waals surface area contributed by atoms with E-state index in [2.05, 4.69) is 33.9 Å². The second-order valence-corrected chi connectivity index (χ2v) is 7.99. The Hall–Kier alpha value is -0.370. The molecule has 0 aliphatic heterocycles. The predicted molar refractivity (Wildman–Crippen MR) is 111 cm³/mol. The first-order chi connectivity index (χ1) is 11.8. The first kappa shape index (κ1) is 21.7. The Bertz CT molecular complexity index is 391. The molecular weight excluding hydrogens is 358 g/mol. The average molecular weight is 396 g/mol. The van der Waals surface area contributed by atoms with Gasteiger partial charge < -0.3 is 0 Å². The third-order valence-electron chi connectivity index (χ3n) is 4.85. The number of pyridine rings is 1. The minimum atomic E-state index is 1.11. The maximum Gasteiger partial charge on any atom is 0.0545 e. The summed E-state index contributed by atoms with van der Waals surface area (Å²) in [7, 11) is 0. The van der Waals surface area contributed by atoms with Crippen molar-refractivity contribution >= 4 is 15.9 Å². The molecule has 0 saturated carbocycles. The van der Waals surface area contributed by atoms with Crippen LogP contribution in [0.15, 0.2) is 22.8 Å². The maximum absolute atomic E-state index is 4.43. The molecule has 0 spiro atoms. The molecule has 0 radical (unpaired) electrons. The SMILES string of the molecule is CCCCCCCCCCCCCCCCCc1ncccc1Br. The molecule has 0 N–H and O–H groups in total. The van der Waals surface area contributed by atoms with E-state index in [9.17, 15) is 0 Å². The molecule has 0 bridgehead atoms. The van der Waals surface area contributed by atoms with E-state index in [-0.39, 0.29) is 0 Å². The average Bonchev–Trinajstić information content (AvgIpc) is 2.60. The van der Waals surface area contributed by atoms with Crippen molar-refractivity contribution in [2.24, 2.45) is 0 Å². The smallest absolute Gasteiger partial charge is 0.0545 e. The number of aromatic nitrogens is 1. The van der Waals surface area contributed by atoms with Crippen molar-refractivity contribution in [3.05, 3.63) is 28.5 Å². The molecule has 2 heteroatoms. The minimum absolute atomic E-state index is 1.11. The van der Waals surface area contributed by atoms with Crippen LogP contribution in [0.3, 0.4) is 0 Å². The van der Waals surface area contributed by atoms with Crippen LogP contribution in [0.4, 0.5) is 0 Å². The highest BCUT2D eigenvalue weighted by molar-refractivity contribution is 9.10. The molecule has 0 amide bonds. The Morgan fingerprint density at radius 2 is 1.17 bits per heavy atom. The van der Waals surface area contributed by atoms with Crippen molar-refractivity contribution in [1.82, 2.24) is 4.98 Å². The van der Waals surface area contributed by atoms with Gasteiger partial charge in [-0.3, -0.25) is 4.98 Å². The zero-order valence-electron chi connectivity index (χ0n) is 15.9. The standard InChI is InChI=1S/C22H38BrN/c1-2-3-4-5-6-7-8-9-10-11-12-13-14-15-16-19-22-21(23)18-17-20-24-22/h17-18,20H,2-16,19H2,1H3. The molecule has 0 atom stereocenters. The van der Waals surface area contributed by atoms with Crippen LogP contribution in [-0.4, -0.2) is 4.98 Å². The van der Waals surface area contributed by atoms with Crippen LogP contribution in [0.2, 0.25) is 0 Å². The van der Waals surface area contributed by atoms with Gasteiger partial charge >= 0.3 is 0 Å². The predicted octanol–water partition coefficient (Wildman–Crippen LogP) is 8.26. The van der Waals surface area contributed by atoms with E-state index in [1.54, 1.807) is 0 Å². The summed E-state index contributed by atoms with van der Waals surface area (Å²) in [4.78, 5) is 4.43. The molecule has 1 heterocycles. The first-order valence-electron chi connectivity index (χ1n) is 10.4. The van der Waals surface area contributed by atoms with E-state index in [4.69, 9.17) is 0 Å². The molecule has 24 heavy (non-hydrogen) atoms. The zero-order chi connectivity index (χ0) is 17.3. The molecule has 138 valence electrons. The van der Waals surface area contributed by atoms with Gasteiger partial charge in [-0.1, -0.05) is 96.8 Å². The number of hydrogen-bond donors (Lipinski definition) is 0. The Kier molecular flexibility index (Phi) is 14.6. The van der Waals surface area contributed by atoms with Crippen LogP contribution >= 0.6 is 15.9 Å². The van der Waals surface area contributed by atoms with Gasteiger partial charge in [-0.15, -0.1) is 0 Å². The summed E-state index contributed by atoms with van der Waals surface area (Å²) in [6.45, 7) is 2.29. The van der Waals surface area contributed by atoms with Gasteiger partial charge in [0, 0.05) is 10.7 Å². The fraction of sp³-hybridized carbons (Fsp3) is 0.773. The summed E-state index contributed by atoms with van der Waals surface area (Å²) in [5.41, 5.74) is 1.21. The summed E-state index contributed by atoms with van der Waals surface area (Å²) in [5, 5.41) is 0. The quantitative estimate of drug-likeness (QED) is 0.256. The van der Waals surface area contributed by atoms with Crippen LogP contribution in [0.5, 0.6) is 0 Å². The van der Waals surface area contributed by atoms with Crippen LogP contribution in [-0.2, 0) is 6.42 Å². The highest BCUT2D eigenvalue weighted by atomic mass is 79.9. The van der Waals surface area contributed by atoms with Gasteiger partial charge in [0.2, 0.25) is 0 Å². The van der Waals surface area contributed by atoms with Crippen molar-refractivity contribution in [3.63, 3.8) is 0 Å². The summed E-state index contributed by atoms with van der Waals surface area (Å²) in [6, 6.07) is 4.08. The number of unbranched alkanes of at least 4 members (excludes halogenated alkanes) is 14. The normalized spacial score (nSPS) is 11.1. The van der Waals surface area contributed by atoms with E-state index in [0.29, 0.717) is 0 Å². The number of halogens is 1. The third kappa shape index (κ3) is 12.1. The summed E-state index contributed by atoms with van der Waals surface area (Å²) < 4.78 is 1.16. The molecule has 0 aromatic carbocycles. The van der Waals surface area contributed by atoms with Gasteiger partial charge in [-0.25, -0.2) is 0 Å². The number of hydrogen-bond acceptors (Lipinski definition) is 1. The van der Waals surface area contributed by atoms with Crippen molar-refractivity contribution in [3.8, 4) is 0 Å². The molecular formula is C22H38BrN. The third-order valence-corrected chi connectivity index (χ3v) is 5.57. The highest BCUT2D eigenvalue weighted by Crippen LogP contribution is 2.17. The van der Waals surface area contributed by atoms with Gasteiger partial charge in [0.25, 0.3) is 0 Å². The van der Waals surface area contributed by atoms with E-state index >= 15 is 0 Å². The van der Waals surface area contributed by atoms with Crippen LogP contribution in [0.25, 0.3) is 0 Å². The molecule has 1 aromatic heterocycles. The van der Waals surface area contributed by atoms with E-state index in [1.807, 2.05) is 12.3 Å². The molecule has 0 aliphatic rings. The summed E-state index contributed by atoms with van der Waals surface area (Å²) in [5.74, 6) is 0. The van der Waals surface area contributed by atoms with Gasteiger partial charge in [0.1, 0.15) is 0 Å². The van der Waals surface area contributed by atoms with Crippen molar-refractivity contribution < 1.29 is 0 Å². The van der Waals surface area contributed by atoms with Gasteiger partial charge in [0.05, 0.1) is 5.69 Å². The molecule has 0 saturated heterocycles. The van der Waals surface area contributed by atoms with E-state index in [1.165, 1.54) is 102 Å². The fourth-order valence-corrected chi connectivity index (χ4v) is 3.72. The highest BCUT2D eigenvalue weighted by Gasteiger charge is 2.00. The molecule has 1 aromatic rings. The van der Waals surface area contributed by atoms with Gasteiger partial charge in [-0.2, -0.15) is 0 Å². The number of rotatable bonds is 16. The lowest BCUT2D eigenvalue weighted by Gasteiger charge is -2.04. The molecule has 0 aliphatic carbocycles. The van der Waals surface area contributed by atoms with Crippen LogP contribution < -0.4 is 0 Å². The summed E-state index contributed by atoms with van der Waals surface area (Å²) in [6.07, 6.45) is 24.3. The molecule has 1 nitrogen and oxygen atoms in total. The molecule has 0 fully saturated rings. The zero-order valence-corrected chi connectivity index (χ0v) is 17.5. The van der Waals surface area contributed by atoms with E-state index < -0.39 is 0 Å². The largest absolute Gasteiger partial charge is 0.260 e. The van der Waals surface area contributed by atoms with Crippen molar-refractivity contribution in [1.29, 1.82) is 0 Å². The Labute approximate surface area is 159 Å². The lowest BCUT2D eigenvalue weighted by Crippen LogP contribution is -1.91. The first-order valence-corrected chi connectivity index (χ1v) is 11.2. The second-order valence-electron chi connectivity index (χ2n) is 7.13. The van der Waals surface area contributed by atoms with Gasteiger partial charge in [0.15, 0.2) is 0 Å². The lowest BCUT2D eigenvalue weighted by molar-refractivity contribution is 0.532. The van der Waals surface area contributed by atoms with Crippen molar-refractivity contribution in [2.75, 3.05) is 0 Å². The molecule has 1 rings (SSSR count).